The third-order valence-electron chi connectivity index (χ3n) is 4.16. The van der Waals surface area contributed by atoms with Crippen molar-refractivity contribution < 1.29 is 14.0 Å². The summed E-state index contributed by atoms with van der Waals surface area (Å²) in [6.07, 6.45) is 2.15. The highest BCUT2D eigenvalue weighted by Crippen LogP contribution is 2.33. The van der Waals surface area contributed by atoms with Gasteiger partial charge < -0.3 is 10.2 Å². The summed E-state index contributed by atoms with van der Waals surface area (Å²) >= 11 is 1.52. The predicted molar refractivity (Wildman–Crippen MR) is 92.9 cm³/mol. The van der Waals surface area contributed by atoms with Gasteiger partial charge in [0.25, 0.3) is 5.91 Å². The zero-order chi connectivity index (χ0) is 17.3. The number of halogens is 1. The van der Waals surface area contributed by atoms with Crippen LogP contribution in [0, 0.1) is 11.7 Å². The number of aryl methyl sites for hydroxylation is 1. The van der Waals surface area contributed by atoms with Gasteiger partial charge in [-0.05, 0) is 49.1 Å². The molecular formula is C18H19FN2O2S. The van der Waals surface area contributed by atoms with Crippen molar-refractivity contribution in [1.29, 1.82) is 0 Å². The maximum absolute atomic E-state index is 13.2. The predicted octanol–water partition coefficient (Wildman–Crippen LogP) is 3.33. The van der Waals surface area contributed by atoms with E-state index >= 15 is 0 Å². The largest absolute Gasteiger partial charge is 0.344 e. The van der Waals surface area contributed by atoms with Crippen LogP contribution in [0.3, 0.4) is 0 Å². The monoisotopic (exact) mass is 346 g/mol. The molecule has 0 bridgehead atoms. The molecular weight excluding hydrogens is 327 g/mol. The molecule has 1 aromatic heterocycles. The van der Waals surface area contributed by atoms with Gasteiger partial charge in [-0.3, -0.25) is 9.59 Å². The summed E-state index contributed by atoms with van der Waals surface area (Å²) in [4.78, 5) is 28.0. The number of rotatable bonds is 3. The quantitative estimate of drug-likeness (QED) is 0.927. The molecule has 0 radical (unpaired) electrons. The highest BCUT2D eigenvalue weighted by atomic mass is 32.1. The second-order valence-corrected chi connectivity index (χ2v) is 7.33. The minimum absolute atomic E-state index is 0.00448. The zero-order valence-corrected chi connectivity index (χ0v) is 14.5. The minimum atomic E-state index is -0.372. The van der Waals surface area contributed by atoms with E-state index in [1.807, 2.05) is 6.07 Å². The molecule has 0 saturated carbocycles. The van der Waals surface area contributed by atoms with Crippen LogP contribution in [-0.4, -0.2) is 30.8 Å². The van der Waals surface area contributed by atoms with E-state index in [4.69, 9.17) is 0 Å². The van der Waals surface area contributed by atoms with Gasteiger partial charge in [-0.1, -0.05) is 6.07 Å². The van der Waals surface area contributed by atoms with Crippen molar-refractivity contribution in [3.05, 3.63) is 51.5 Å². The maximum Gasteiger partial charge on any atom is 0.263 e. The van der Waals surface area contributed by atoms with Crippen LogP contribution >= 0.6 is 11.3 Å². The first kappa shape index (κ1) is 16.6. The summed E-state index contributed by atoms with van der Waals surface area (Å²) in [5, 5.41) is 2.78. The smallest absolute Gasteiger partial charge is 0.263 e. The van der Waals surface area contributed by atoms with Gasteiger partial charge in [0.2, 0.25) is 5.91 Å². The normalized spacial score (nSPS) is 16.4. The molecule has 0 fully saturated rings. The van der Waals surface area contributed by atoms with Crippen LogP contribution in [0.25, 0.3) is 0 Å². The number of hydrogen-bond acceptors (Lipinski definition) is 3. The first-order valence-corrected chi connectivity index (χ1v) is 8.65. The van der Waals surface area contributed by atoms with Crippen molar-refractivity contribution >= 4 is 28.8 Å². The Labute approximate surface area is 144 Å². The van der Waals surface area contributed by atoms with Crippen LogP contribution in [0.1, 0.15) is 26.5 Å². The molecule has 1 N–H and O–H groups in total. The Kier molecular flexibility index (Phi) is 4.66. The Balaban J connectivity index is 1.70. The van der Waals surface area contributed by atoms with E-state index in [1.165, 1.54) is 28.3 Å². The topological polar surface area (TPSA) is 49.4 Å². The molecule has 1 unspecified atom stereocenters. The lowest BCUT2D eigenvalue weighted by atomic mass is 9.87. The first-order valence-electron chi connectivity index (χ1n) is 7.83. The number of carbonyl (C=O) groups is 2. The number of nitrogens with zero attached hydrogens (tertiary/aromatic N) is 1. The average Bonchev–Trinajstić information content (AvgIpc) is 2.96. The van der Waals surface area contributed by atoms with E-state index in [-0.39, 0.29) is 23.5 Å². The van der Waals surface area contributed by atoms with Gasteiger partial charge in [-0.25, -0.2) is 4.39 Å². The number of amides is 2. The molecule has 1 aliphatic rings. The highest BCUT2D eigenvalue weighted by molar-refractivity contribution is 7.14. The zero-order valence-electron chi connectivity index (χ0n) is 13.6. The molecule has 4 nitrogen and oxygen atoms in total. The van der Waals surface area contributed by atoms with Crippen molar-refractivity contribution in [1.82, 2.24) is 4.90 Å². The lowest BCUT2D eigenvalue weighted by Crippen LogP contribution is -2.27. The average molecular weight is 346 g/mol. The van der Waals surface area contributed by atoms with Gasteiger partial charge in [-0.2, -0.15) is 0 Å². The summed E-state index contributed by atoms with van der Waals surface area (Å²) in [7, 11) is 3.46. The summed E-state index contributed by atoms with van der Waals surface area (Å²) in [5.74, 6) is -0.630. The minimum Gasteiger partial charge on any atom is -0.344 e. The van der Waals surface area contributed by atoms with Crippen LogP contribution in [0.5, 0.6) is 0 Å². The van der Waals surface area contributed by atoms with Crippen LogP contribution in [-0.2, 0) is 17.6 Å². The summed E-state index contributed by atoms with van der Waals surface area (Å²) < 4.78 is 13.2. The standard InChI is InChI=1S/C18H19FN2O2S/c1-21(2)18(23)16-9-12-8-11(6-7-15(12)24-16)17(22)20-14-5-3-4-13(19)10-14/h3-5,9-11H,6-8H2,1-2H3,(H,20,22). The van der Waals surface area contributed by atoms with Gasteiger partial charge in [0, 0.05) is 30.6 Å². The van der Waals surface area contributed by atoms with E-state index in [0.717, 1.165) is 23.3 Å². The van der Waals surface area contributed by atoms with Gasteiger partial charge in [-0.15, -0.1) is 11.3 Å². The fourth-order valence-electron chi connectivity index (χ4n) is 2.88. The molecule has 0 saturated heterocycles. The highest BCUT2D eigenvalue weighted by Gasteiger charge is 2.27. The summed E-state index contributed by atoms with van der Waals surface area (Å²) in [5.41, 5.74) is 1.55. The lowest BCUT2D eigenvalue weighted by molar-refractivity contribution is -0.120. The Morgan fingerprint density at radius 2 is 2.08 bits per heavy atom. The molecule has 1 aromatic carbocycles. The van der Waals surface area contributed by atoms with E-state index in [2.05, 4.69) is 5.32 Å². The van der Waals surface area contributed by atoms with E-state index in [0.29, 0.717) is 12.1 Å². The van der Waals surface area contributed by atoms with Crippen LogP contribution < -0.4 is 5.32 Å². The second-order valence-electron chi connectivity index (χ2n) is 6.20. The number of benzene rings is 1. The fourth-order valence-corrected chi connectivity index (χ4v) is 4.11. The number of fused-ring (bicyclic) bond motifs is 1. The van der Waals surface area contributed by atoms with Crippen molar-refractivity contribution in [2.75, 3.05) is 19.4 Å². The molecule has 1 atom stereocenters. The Morgan fingerprint density at radius 3 is 2.79 bits per heavy atom. The lowest BCUT2D eigenvalue weighted by Gasteiger charge is -2.21. The number of nitrogens with one attached hydrogen (secondary N) is 1. The molecule has 1 heterocycles. The van der Waals surface area contributed by atoms with Gasteiger partial charge in [0.15, 0.2) is 0 Å². The number of anilines is 1. The summed E-state index contributed by atoms with van der Waals surface area (Å²) in [6.45, 7) is 0. The van der Waals surface area contributed by atoms with E-state index < -0.39 is 0 Å². The van der Waals surface area contributed by atoms with Crippen molar-refractivity contribution in [3.63, 3.8) is 0 Å². The van der Waals surface area contributed by atoms with Crippen LogP contribution in [0.4, 0.5) is 10.1 Å². The molecule has 126 valence electrons. The van der Waals surface area contributed by atoms with E-state index in [9.17, 15) is 14.0 Å². The van der Waals surface area contributed by atoms with Gasteiger partial charge in [0.05, 0.1) is 4.88 Å². The van der Waals surface area contributed by atoms with Gasteiger partial charge in [0.1, 0.15) is 5.82 Å². The van der Waals surface area contributed by atoms with Crippen LogP contribution in [0.2, 0.25) is 0 Å². The SMILES string of the molecule is CN(C)C(=O)c1cc2c(s1)CCC(C(=O)Nc1cccc(F)c1)C2. The Morgan fingerprint density at radius 1 is 1.29 bits per heavy atom. The number of carbonyl (C=O) groups excluding carboxylic acids is 2. The molecule has 6 heteroatoms. The molecule has 0 aliphatic heterocycles. The Bertz CT molecular complexity index is 785. The molecule has 0 spiro atoms. The van der Waals surface area contributed by atoms with Crippen molar-refractivity contribution in [2.24, 2.45) is 5.92 Å². The van der Waals surface area contributed by atoms with Crippen molar-refractivity contribution in [3.8, 4) is 0 Å². The third kappa shape index (κ3) is 3.48. The maximum atomic E-state index is 13.2. The summed E-state index contributed by atoms with van der Waals surface area (Å²) in [6, 6.07) is 7.81. The van der Waals surface area contributed by atoms with E-state index in [1.54, 1.807) is 31.1 Å². The number of hydrogen-bond donors (Lipinski definition) is 1. The number of thiophene rings is 1. The molecule has 24 heavy (non-hydrogen) atoms. The van der Waals surface area contributed by atoms with Crippen molar-refractivity contribution in [2.45, 2.75) is 19.3 Å². The molecule has 2 aromatic rings. The second kappa shape index (κ2) is 6.73. The fraction of sp³-hybridized carbons (Fsp3) is 0.333. The molecule has 2 amide bonds. The molecule has 3 rings (SSSR count). The van der Waals surface area contributed by atoms with Gasteiger partial charge >= 0.3 is 0 Å². The Hall–Kier alpha value is -2.21. The third-order valence-corrected chi connectivity index (χ3v) is 5.39. The molecule has 1 aliphatic carbocycles. The van der Waals surface area contributed by atoms with Crippen LogP contribution in [0.15, 0.2) is 30.3 Å². The first-order chi connectivity index (χ1) is 11.4.